The number of nitrogens with one attached hydrogen (secondary N) is 2. The molecule has 0 fully saturated rings. The molecule has 0 spiro atoms. The molecule has 3 aromatic rings. The third-order valence-electron chi connectivity index (χ3n) is 4.85. The Morgan fingerprint density at radius 1 is 1.09 bits per heavy atom. The SMILES string of the molecule is Cc1nn(-c2ccccc2)c(C)c1NC(=O)COC(=O)C(NC(=O)c1cccs1)C(C)C. The molecule has 0 aliphatic heterocycles. The first kappa shape index (κ1) is 23.2. The highest BCUT2D eigenvalue weighted by molar-refractivity contribution is 7.12. The van der Waals surface area contributed by atoms with Gasteiger partial charge in [0.25, 0.3) is 11.8 Å². The summed E-state index contributed by atoms with van der Waals surface area (Å²) in [4.78, 5) is 37.8. The number of benzene rings is 1. The molecular weight excluding hydrogens is 428 g/mol. The fourth-order valence-electron chi connectivity index (χ4n) is 3.16. The minimum atomic E-state index is -0.860. The Kier molecular flexibility index (Phi) is 7.42. The lowest BCUT2D eigenvalue weighted by Crippen LogP contribution is -2.45. The van der Waals surface area contributed by atoms with Crippen molar-refractivity contribution in [3.05, 3.63) is 64.1 Å². The summed E-state index contributed by atoms with van der Waals surface area (Å²) in [5.41, 5.74) is 2.86. The van der Waals surface area contributed by atoms with Crippen LogP contribution in [0.15, 0.2) is 47.8 Å². The van der Waals surface area contributed by atoms with Gasteiger partial charge in [-0.2, -0.15) is 5.10 Å². The number of amides is 2. The van der Waals surface area contributed by atoms with Crippen molar-refractivity contribution in [1.82, 2.24) is 15.1 Å². The first-order chi connectivity index (χ1) is 15.3. The smallest absolute Gasteiger partial charge is 0.329 e. The molecule has 1 atom stereocenters. The lowest BCUT2D eigenvalue weighted by molar-refractivity contribution is -0.150. The summed E-state index contributed by atoms with van der Waals surface area (Å²) >= 11 is 1.28. The van der Waals surface area contributed by atoms with Crippen molar-refractivity contribution < 1.29 is 19.1 Å². The average Bonchev–Trinajstić information content (AvgIpc) is 3.41. The molecule has 32 heavy (non-hydrogen) atoms. The maximum Gasteiger partial charge on any atom is 0.329 e. The Morgan fingerprint density at radius 3 is 2.44 bits per heavy atom. The number of aryl methyl sites for hydroxylation is 1. The molecule has 0 saturated carbocycles. The third-order valence-corrected chi connectivity index (χ3v) is 5.72. The first-order valence-corrected chi connectivity index (χ1v) is 11.1. The Labute approximate surface area is 190 Å². The van der Waals surface area contributed by atoms with Crippen molar-refractivity contribution in [2.45, 2.75) is 33.7 Å². The summed E-state index contributed by atoms with van der Waals surface area (Å²) in [6.07, 6.45) is 0. The van der Waals surface area contributed by atoms with Gasteiger partial charge in [-0.25, -0.2) is 9.48 Å². The fourth-order valence-corrected chi connectivity index (χ4v) is 3.79. The maximum atomic E-state index is 12.5. The van der Waals surface area contributed by atoms with E-state index in [9.17, 15) is 14.4 Å². The van der Waals surface area contributed by atoms with Gasteiger partial charge >= 0.3 is 5.97 Å². The van der Waals surface area contributed by atoms with E-state index in [2.05, 4.69) is 15.7 Å². The highest BCUT2D eigenvalue weighted by Crippen LogP contribution is 2.22. The van der Waals surface area contributed by atoms with Crippen LogP contribution in [-0.4, -0.2) is 40.2 Å². The van der Waals surface area contributed by atoms with E-state index in [0.717, 1.165) is 11.4 Å². The van der Waals surface area contributed by atoms with Gasteiger partial charge in [0.05, 0.1) is 27.6 Å². The van der Waals surface area contributed by atoms with Gasteiger partial charge in [-0.05, 0) is 43.3 Å². The Morgan fingerprint density at radius 2 is 1.81 bits per heavy atom. The molecule has 168 valence electrons. The van der Waals surface area contributed by atoms with Gasteiger partial charge in [0.15, 0.2) is 6.61 Å². The van der Waals surface area contributed by atoms with Crippen LogP contribution in [0.1, 0.15) is 34.9 Å². The number of aromatic nitrogens is 2. The summed E-state index contributed by atoms with van der Waals surface area (Å²) in [5, 5.41) is 11.7. The van der Waals surface area contributed by atoms with Gasteiger partial charge in [0.2, 0.25) is 0 Å². The third kappa shape index (κ3) is 5.42. The predicted octanol–water partition coefficient (Wildman–Crippen LogP) is 3.49. The van der Waals surface area contributed by atoms with Gasteiger partial charge in [0, 0.05) is 0 Å². The van der Waals surface area contributed by atoms with Crippen LogP contribution in [-0.2, 0) is 14.3 Å². The second-order valence-electron chi connectivity index (χ2n) is 7.62. The van der Waals surface area contributed by atoms with Crippen molar-refractivity contribution in [1.29, 1.82) is 0 Å². The average molecular weight is 455 g/mol. The summed E-state index contributed by atoms with van der Waals surface area (Å²) in [6.45, 7) is 6.77. The van der Waals surface area contributed by atoms with Crippen molar-refractivity contribution in [3.63, 3.8) is 0 Å². The molecule has 1 aromatic carbocycles. The van der Waals surface area contributed by atoms with Crippen molar-refractivity contribution in [2.24, 2.45) is 5.92 Å². The minimum absolute atomic E-state index is 0.205. The number of esters is 1. The lowest BCUT2D eigenvalue weighted by atomic mass is 10.0. The van der Waals surface area contributed by atoms with Crippen molar-refractivity contribution >= 4 is 34.8 Å². The zero-order chi connectivity index (χ0) is 23.3. The first-order valence-electron chi connectivity index (χ1n) is 10.2. The Balaban J connectivity index is 1.61. The molecule has 0 aliphatic rings. The number of hydrogen-bond donors (Lipinski definition) is 2. The minimum Gasteiger partial charge on any atom is -0.454 e. The highest BCUT2D eigenvalue weighted by Gasteiger charge is 2.27. The monoisotopic (exact) mass is 454 g/mol. The van der Waals surface area contributed by atoms with E-state index in [-0.39, 0.29) is 11.8 Å². The number of para-hydroxylation sites is 1. The van der Waals surface area contributed by atoms with E-state index < -0.39 is 24.5 Å². The van der Waals surface area contributed by atoms with Crippen LogP contribution < -0.4 is 10.6 Å². The predicted molar refractivity (Wildman–Crippen MR) is 123 cm³/mol. The second kappa shape index (κ2) is 10.2. The number of carbonyl (C=O) groups excluding carboxylic acids is 3. The van der Waals surface area contributed by atoms with Gasteiger partial charge in [-0.15, -0.1) is 11.3 Å². The molecule has 2 heterocycles. The largest absolute Gasteiger partial charge is 0.454 e. The number of anilines is 1. The molecule has 1 unspecified atom stereocenters. The molecular formula is C23H26N4O4S. The molecule has 2 N–H and O–H groups in total. The summed E-state index contributed by atoms with van der Waals surface area (Å²) in [6, 6.07) is 12.2. The number of ether oxygens (including phenoxy) is 1. The number of rotatable bonds is 8. The van der Waals surface area contributed by atoms with Crippen molar-refractivity contribution in [2.75, 3.05) is 11.9 Å². The molecule has 0 aliphatic carbocycles. The van der Waals surface area contributed by atoms with E-state index in [1.54, 1.807) is 43.0 Å². The molecule has 0 radical (unpaired) electrons. The maximum absolute atomic E-state index is 12.5. The number of carbonyl (C=O) groups is 3. The molecule has 9 heteroatoms. The standard InChI is InChI=1S/C23H26N4O4S/c1-14(2)20(25-22(29)18-11-8-12-32-18)23(30)31-13-19(28)24-21-15(3)26-27(16(21)4)17-9-6-5-7-10-17/h5-12,14,20H,13H2,1-4H3,(H,24,28)(H,25,29). The van der Waals surface area contributed by atoms with Gasteiger partial charge in [0.1, 0.15) is 6.04 Å². The zero-order valence-corrected chi connectivity index (χ0v) is 19.2. The fraction of sp³-hybridized carbons (Fsp3) is 0.304. The molecule has 3 rings (SSSR count). The van der Waals surface area contributed by atoms with Crippen LogP contribution in [0.25, 0.3) is 5.69 Å². The number of nitrogens with zero attached hydrogens (tertiary/aromatic N) is 2. The second-order valence-corrected chi connectivity index (χ2v) is 8.57. The van der Waals surface area contributed by atoms with Gasteiger partial charge in [-0.1, -0.05) is 38.1 Å². The summed E-state index contributed by atoms with van der Waals surface area (Å²) < 4.78 is 6.94. The van der Waals surface area contributed by atoms with E-state index in [0.29, 0.717) is 16.3 Å². The molecule has 2 aromatic heterocycles. The Hall–Kier alpha value is -3.46. The quantitative estimate of drug-likeness (QED) is 0.507. The van der Waals surface area contributed by atoms with Crippen LogP contribution in [0, 0.1) is 19.8 Å². The van der Waals surface area contributed by atoms with Gasteiger partial charge < -0.3 is 15.4 Å². The van der Waals surface area contributed by atoms with Crippen molar-refractivity contribution in [3.8, 4) is 5.69 Å². The summed E-state index contributed by atoms with van der Waals surface area (Å²) in [7, 11) is 0. The van der Waals surface area contributed by atoms with Crippen LogP contribution in [0.5, 0.6) is 0 Å². The van der Waals surface area contributed by atoms with E-state index >= 15 is 0 Å². The molecule has 0 bridgehead atoms. The molecule has 8 nitrogen and oxygen atoms in total. The van der Waals surface area contributed by atoms with Gasteiger partial charge in [-0.3, -0.25) is 9.59 Å². The number of hydrogen-bond acceptors (Lipinski definition) is 6. The van der Waals surface area contributed by atoms with E-state index in [1.807, 2.05) is 37.3 Å². The summed E-state index contributed by atoms with van der Waals surface area (Å²) in [5.74, 6) is -1.69. The van der Waals surface area contributed by atoms with Crippen LogP contribution in [0.2, 0.25) is 0 Å². The lowest BCUT2D eigenvalue weighted by Gasteiger charge is -2.20. The van der Waals surface area contributed by atoms with E-state index in [4.69, 9.17) is 4.74 Å². The number of thiophene rings is 1. The topological polar surface area (TPSA) is 102 Å². The van der Waals surface area contributed by atoms with Crippen LogP contribution in [0.3, 0.4) is 0 Å². The normalized spacial score (nSPS) is 11.8. The van der Waals surface area contributed by atoms with Crippen LogP contribution >= 0.6 is 11.3 Å². The molecule has 0 saturated heterocycles. The van der Waals surface area contributed by atoms with Crippen LogP contribution in [0.4, 0.5) is 5.69 Å². The van der Waals surface area contributed by atoms with E-state index in [1.165, 1.54) is 11.3 Å². The Bertz CT molecular complexity index is 1090. The zero-order valence-electron chi connectivity index (χ0n) is 18.4. The molecule has 2 amide bonds. The highest BCUT2D eigenvalue weighted by atomic mass is 32.1.